The molecular formula is C20H24N2O. The Balaban J connectivity index is 2.12. The van der Waals surface area contributed by atoms with Gasteiger partial charge in [-0.25, -0.2) is 4.99 Å². The van der Waals surface area contributed by atoms with E-state index in [1.54, 1.807) is 0 Å². The lowest BCUT2D eigenvalue weighted by Gasteiger charge is -2.18. The Bertz CT molecular complexity index is 853. The van der Waals surface area contributed by atoms with Gasteiger partial charge in [-0.2, -0.15) is 0 Å². The van der Waals surface area contributed by atoms with Crippen LogP contribution in [0.4, 0.5) is 11.4 Å². The molecule has 1 heterocycles. The molecule has 1 N–H and O–H groups in total. The van der Waals surface area contributed by atoms with Gasteiger partial charge in [-0.1, -0.05) is 19.4 Å². The van der Waals surface area contributed by atoms with Crippen LogP contribution in [0.15, 0.2) is 29.3 Å². The lowest BCUT2D eigenvalue weighted by Crippen LogP contribution is -2.17. The summed E-state index contributed by atoms with van der Waals surface area (Å²) in [4.78, 5) is 4.83. The average molecular weight is 308 g/mol. The smallest absolute Gasteiger partial charge is 0.155 e. The highest BCUT2D eigenvalue weighted by Crippen LogP contribution is 2.38. The number of unbranched alkanes of at least 4 members (excludes halogenated alkanes) is 1. The summed E-state index contributed by atoms with van der Waals surface area (Å²) in [7, 11) is 0. The van der Waals surface area contributed by atoms with E-state index in [0.29, 0.717) is 0 Å². The average Bonchev–Trinajstić information content (AvgIpc) is 2.52. The van der Waals surface area contributed by atoms with Gasteiger partial charge in [-0.05, 0) is 61.7 Å². The lowest BCUT2D eigenvalue weighted by atomic mass is 10.1. The maximum atomic E-state index is 6.17. The predicted molar refractivity (Wildman–Crippen MR) is 96.4 cm³/mol. The molecule has 2 aromatic carbocycles. The molecule has 2 aromatic rings. The van der Waals surface area contributed by atoms with Crippen molar-refractivity contribution in [1.29, 1.82) is 0 Å². The van der Waals surface area contributed by atoms with Gasteiger partial charge in [0.05, 0.1) is 0 Å². The van der Waals surface area contributed by atoms with Crippen LogP contribution in [0.2, 0.25) is 0 Å². The second-order valence-electron chi connectivity index (χ2n) is 6.05. The minimum Gasteiger partial charge on any atom is -0.453 e. The van der Waals surface area contributed by atoms with Crippen LogP contribution in [0.3, 0.4) is 0 Å². The van der Waals surface area contributed by atoms with Gasteiger partial charge in [-0.3, -0.25) is 0 Å². The summed E-state index contributed by atoms with van der Waals surface area (Å²) in [6.45, 7) is 9.38. The molecule has 3 heteroatoms. The number of anilines is 1. The molecule has 3 rings (SSSR count). The first-order valence-electron chi connectivity index (χ1n) is 8.38. The van der Waals surface area contributed by atoms with Crippen molar-refractivity contribution in [3.8, 4) is 11.5 Å². The van der Waals surface area contributed by atoms with Crippen molar-refractivity contribution < 1.29 is 4.74 Å². The van der Waals surface area contributed by atoms with Gasteiger partial charge in [0, 0.05) is 18.3 Å². The molecule has 0 radical (unpaired) electrons. The van der Waals surface area contributed by atoms with Gasteiger partial charge in [0.25, 0.3) is 0 Å². The number of ether oxygens (including phenoxy) is 1. The third-order valence-electron chi connectivity index (χ3n) is 4.10. The predicted octanol–water partition coefficient (Wildman–Crippen LogP) is 4.37. The first-order valence-corrected chi connectivity index (χ1v) is 8.38. The number of rotatable bonds is 4. The summed E-state index contributed by atoms with van der Waals surface area (Å²) in [5.41, 5.74) is 4.38. The van der Waals surface area contributed by atoms with Crippen LogP contribution in [0.5, 0.6) is 11.5 Å². The van der Waals surface area contributed by atoms with E-state index < -0.39 is 0 Å². The standard InChI is InChI=1S/C20H24N2O/c1-5-7-8-15-11-18-17(10-13(15)3)22-20-14(4)9-16(21-6-2)12-19(20)23-18/h8-12,21H,5-7H2,1-4H3/b15-8-. The second-order valence-corrected chi connectivity index (χ2v) is 6.05. The highest BCUT2D eigenvalue weighted by Gasteiger charge is 2.16. The van der Waals surface area contributed by atoms with Crippen molar-refractivity contribution >= 4 is 17.5 Å². The molecule has 0 atom stereocenters. The highest BCUT2D eigenvalue weighted by atomic mass is 16.5. The van der Waals surface area contributed by atoms with Gasteiger partial charge < -0.3 is 10.1 Å². The molecule has 0 spiro atoms. The first-order chi connectivity index (χ1) is 11.1. The van der Waals surface area contributed by atoms with Crippen molar-refractivity contribution in [1.82, 2.24) is 0 Å². The molecule has 3 nitrogen and oxygen atoms in total. The number of nitrogens with zero attached hydrogens (tertiary/aromatic N) is 1. The molecule has 0 saturated heterocycles. The zero-order valence-electron chi connectivity index (χ0n) is 14.4. The van der Waals surface area contributed by atoms with Crippen LogP contribution in [0, 0.1) is 13.8 Å². The van der Waals surface area contributed by atoms with Crippen LogP contribution in [-0.2, 0) is 0 Å². The topological polar surface area (TPSA) is 33.6 Å². The number of fused-ring (bicyclic) bond motifs is 2. The normalized spacial score (nSPS) is 13.0. The number of nitrogens with one attached hydrogen (secondary N) is 1. The first kappa shape index (κ1) is 15.6. The number of aryl methyl sites for hydroxylation is 2. The largest absolute Gasteiger partial charge is 0.453 e. The van der Waals surface area contributed by atoms with E-state index in [9.17, 15) is 0 Å². The van der Waals surface area contributed by atoms with E-state index in [0.717, 1.165) is 53.2 Å². The fourth-order valence-corrected chi connectivity index (χ4v) is 2.89. The van der Waals surface area contributed by atoms with Gasteiger partial charge >= 0.3 is 0 Å². The quantitative estimate of drug-likeness (QED) is 0.776. The Morgan fingerprint density at radius 3 is 2.61 bits per heavy atom. The molecule has 0 aromatic heterocycles. The summed E-state index contributed by atoms with van der Waals surface area (Å²) >= 11 is 0. The number of hydrogen-bond donors (Lipinski definition) is 1. The fraction of sp³-hybridized carbons (Fsp3) is 0.350. The van der Waals surface area contributed by atoms with Gasteiger partial charge in [0.2, 0.25) is 0 Å². The Morgan fingerprint density at radius 2 is 1.87 bits per heavy atom. The summed E-state index contributed by atoms with van der Waals surface area (Å²) in [6, 6.07) is 8.39. The molecule has 0 unspecified atom stereocenters. The minimum absolute atomic E-state index is 0.832. The molecule has 1 aliphatic heterocycles. The Labute approximate surface area is 137 Å². The molecule has 120 valence electrons. The molecular weight excluding hydrogens is 284 g/mol. The molecule has 0 aliphatic carbocycles. The van der Waals surface area contributed by atoms with Crippen molar-refractivity contribution in [3.05, 3.63) is 46.0 Å². The van der Waals surface area contributed by atoms with Crippen molar-refractivity contribution in [2.24, 2.45) is 4.99 Å². The van der Waals surface area contributed by atoms with E-state index in [1.807, 2.05) is 6.07 Å². The third-order valence-corrected chi connectivity index (χ3v) is 4.10. The SMILES string of the molecule is CCC/C=c1/cc2c(cc1C)=Nc1c(C)cc(NCC)cc1O2. The lowest BCUT2D eigenvalue weighted by molar-refractivity contribution is 0.469. The molecule has 0 fully saturated rings. The van der Waals surface area contributed by atoms with Crippen molar-refractivity contribution in [2.45, 2.75) is 40.5 Å². The summed E-state index contributed by atoms with van der Waals surface area (Å²) in [5.74, 6) is 1.68. The van der Waals surface area contributed by atoms with E-state index in [2.05, 4.69) is 57.3 Å². The van der Waals surface area contributed by atoms with Gasteiger partial charge in [0.15, 0.2) is 11.5 Å². The Morgan fingerprint density at radius 1 is 1.04 bits per heavy atom. The van der Waals surface area contributed by atoms with E-state index in [1.165, 1.54) is 10.8 Å². The maximum absolute atomic E-state index is 6.17. The fourth-order valence-electron chi connectivity index (χ4n) is 2.89. The molecule has 0 saturated carbocycles. The third kappa shape index (κ3) is 3.09. The van der Waals surface area contributed by atoms with Gasteiger partial charge in [0.1, 0.15) is 11.0 Å². The molecule has 1 aliphatic rings. The molecule has 23 heavy (non-hydrogen) atoms. The zero-order chi connectivity index (χ0) is 16.4. The second kappa shape index (κ2) is 6.45. The van der Waals surface area contributed by atoms with E-state index in [4.69, 9.17) is 9.73 Å². The van der Waals surface area contributed by atoms with E-state index in [-0.39, 0.29) is 0 Å². The molecule has 0 amide bonds. The van der Waals surface area contributed by atoms with Crippen molar-refractivity contribution in [3.63, 3.8) is 0 Å². The molecule has 0 bridgehead atoms. The monoisotopic (exact) mass is 308 g/mol. The van der Waals surface area contributed by atoms with Crippen LogP contribution in [0.25, 0.3) is 6.08 Å². The summed E-state index contributed by atoms with van der Waals surface area (Å²) in [5, 5.41) is 5.50. The zero-order valence-corrected chi connectivity index (χ0v) is 14.4. The Hall–Kier alpha value is -2.29. The van der Waals surface area contributed by atoms with Crippen LogP contribution in [-0.4, -0.2) is 6.54 Å². The van der Waals surface area contributed by atoms with Crippen molar-refractivity contribution in [2.75, 3.05) is 11.9 Å². The number of hydrogen-bond acceptors (Lipinski definition) is 3. The van der Waals surface area contributed by atoms with Gasteiger partial charge in [-0.15, -0.1) is 0 Å². The summed E-state index contributed by atoms with van der Waals surface area (Å²) in [6.07, 6.45) is 4.50. The van der Waals surface area contributed by atoms with Crippen LogP contribution in [0.1, 0.15) is 37.8 Å². The van der Waals surface area contributed by atoms with Crippen LogP contribution < -0.4 is 20.6 Å². The summed E-state index contributed by atoms with van der Waals surface area (Å²) < 4.78 is 6.17. The minimum atomic E-state index is 0.832. The Kier molecular flexibility index (Phi) is 4.37. The maximum Gasteiger partial charge on any atom is 0.155 e. The van der Waals surface area contributed by atoms with Crippen LogP contribution >= 0.6 is 0 Å². The highest BCUT2D eigenvalue weighted by molar-refractivity contribution is 5.67. The van der Waals surface area contributed by atoms with E-state index >= 15 is 0 Å². The number of benzene rings is 2.